The van der Waals surface area contributed by atoms with E-state index >= 15 is 0 Å². The third kappa shape index (κ3) is 2.77. The molecule has 0 bridgehead atoms. The molecule has 19 heavy (non-hydrogen) atoms. The number of hydrogen-bond acceptors (Lipinski definition) is 5. The molecule has 0 fully saturated rings. The Morgan fingerprint density at radius 1 is 0.842 bits per heavy atom. The number of carbonyl (C=O) groups excluding carboxylic acids is 1. The fraction of sp³-hybridized carbons (Fsp3) is 0.0714. The van der Waals surface area contributed by atoms with E-state index in [2.05, 4.69) is 0 Å². The van der Waals surface area contributed by atoms with Gasteiger partial charge in [-0.2, -0.15) is 0 Å². The highest BCUT2D eigenvalue weighted by Crippen LogP contribution is 2.32. The van der Waals surface area contributed by atoms with Crippen LogP contribution >= 0.6 is 0 Å². The fourth-order valence-corrected chi connectivity index (χ4v) is 1.77. The van der Waals surface area contributed by atoms with E-state index in [1.54, 1.807) is 12.1 Å². The van der Waals surface area contributed by atoms with Gasteiger partial charge in [0, 0.05) is 18.6 Å². The maximum absolute atomic E-state index is 12.0. The van der Waals surface area contributed by atoms with Crippen molar-refractivity contribution in [3.05, 3.63) is 47.5 Å². The minimum atomic E-state index is -0.485. The first kappa shape index (κ1) is 12.8. The molecule has 5 heteroatoms. The number of phenols is 4. The van der Waals surface area contributed by atoms with Crippen molar-refractivity contribution in [1.82, 2.24) is 0 Å². The van der Waals surface area contributed by atoms with Crippen LogP contribution in [0.4, 0.5) is 0 Å². The van der Waals surface area contributed by atoms with Gasteiger partial charge in [0.15, 0.2) is 5.78 Å². The van der Waals surface area contributed by atoms with Gasteiger partial charge in [0.05, 0.1) is 0 Å². The van der Waals surface area contributed by atoms with Crippen LogP contribution in [0.15, 0.2) is 36.4 Å². The third-order valence-electron chi connectivity index (χ3n) is 2.66. The Bertz CT molecular complexity index is 593. The van der Waals surface area contributed by atoms with Crippen molar-refractivity contribution in [1.29, 1.82) is 0 Å². The van der Waals surface area contributed by atoms with Crippen molar-refractivity contribution in [2.45, 2.75) is 6.42 Å². The van der Waals surface area contributed by atoms with Crippen molar-refractivity contribution < 1.29 is 25.2 Å². The molecule has 0 aliphatic carbocycles. The molecule has 0 heterocycles. The maximum atomic E-state index is 12.0. The van der Waals surface area contributed by atoms with Crippen molar-refractivity contribution >= 4 is 5.78 Å². The van der Waals surface area contributed by atoms with Crippen LogP contribution in [-0.4, -0.2) is 26.2 Å². The average molecular weight is 260 g/mol. The fourth-order valence-electron chi connectivity index (χ4n) is 1.77. The highest BCUT2D eigenvalue weighted by molar-refractivity contribution is 6.02. The van der Waals surface area contributed by atoms with Gasteiger partial charge >= 0.3 is 0 Å². The summed E-state index contributed by atoms with van der Waals surface area (Å²) in [5.74, 6) is -1.66. The lowest BCUT2D eigenvalue weighted by Crippen LogP contribution is -2.04. The number of rotatable bonds is 3. The summed E-state index contributed by atoms with van der Waals surface area (Å²) in [6, 6.07) is 8.01. The summed E-state index contributed by atoms with van der Waals surface area (Å²) in [7, 11) is 0. The van der Waals surface area contributed by atoms with Crippen LogP contribution in [0, 0.1) is 0 Å². The third-order valence-corrected chi connectivity index (χ3v) is 2.66. The number of benzene rings is 2. The van der Waals surface area contributed by atoms with E-state index in [0.29, 0.717) is 5.56 Å². The Morgan fingerprint density at radius 2 is 1.37 bits per heavy atom. The Kier molecular flexibility index (Phi) is 3.29. The monoisotopic (exact) mass is 260 g/mol. The first-order valence-electron chi connectivity index (χ1n) is 5.53. The van der Waals surface area contributed by atoms with E-state index in [9.17, 15) is 15.0 Å². The quantitative estimate of drug-likeness (QED) is 0.632. The molecular formula is C14H12O5. The van der Waals surface area contributed by atoms with Gasteiger partial charge in [-0.3, -0.25) is 4.79 Å². The van der Waals surface area contributed by atoms with Crippen molar-refractivity contribution in [3.63, 3.8) is 0 Å². The van der Waals surface area contributed by atoms with Gasteiger partial charge < -0.3 is 20.4 Å². The molecule has 0 saturated heterocycles. The topological polar surface area (TPSA) is 98.0 Å². The second-order valence-electron chi connectivity index (χ2n) is 4.13. The van der Waals surface area contributed by atoms with E-state index in [1.165, 1.54) is 12.1 Å². The number of hydrogen-bond donors (Lipinski definition) is 4. The lowest BCUT2D eigenvalue weighted by Gasteiger charge is -2.07. The summed E-state index contributed by atoms with van der Waals surface area (Å²) in [6.45, 7) is 0. The molecule has 98 valence electrons. The van der Waals surface area contributed by atoms with Crippen LogP contribution in [0.1, 0.15) is 15.9 Å². The Morgan fingerprint density at radius 3 is 1.89 bits per heavy atom. The minimum absolute atomic E-state index is 0.0355. The summed E-state index contributed by atoms with van der Waals surface area (Å²) < 4.78 is 0. The zero-order chi connectivity index (χ0) is 14.0. The molecule has 0 aliphatic rings. The predicted octanol–water partition coefficient (Wildman–Crippen LogP) is 1.93. The standard InChI is InChI=1S/C14H12O5/c15-9-3-1-8(2-4-9)5-11(17)14-12(18)6-10(16)7-13(14)19/h1-4,6-7,15-16,18-19H,5H2. The van der Waals surface area contributed by atoms with Crippen LogP contribution in [-0.2, 0) is 6.42 Å². The second kappa shape index (κ2) is 4.89. The zero-order valence-electron chi connectivity index (χ0n) is 9.87. The summed E-state index contributed by atoms with van der Waals surface area (Å²) in [5.41, 5.74) is 0.403. The van der Waals surface area contributed by atoms with E-state index in [1.807, 2.05) is 0 Å². The van der Waals surface area contributed by atoms with E-state index in [-0.39, 0.29) is 23.5 Å². The first-order chi connectivity index (χ1) is 8.97. The van der Waals surface area contributed by atoms with Crippen molar-refractivity contribution in [2.24, 2.45) is 0 Å². The highest BCUT2D eigenvalue weighted by atomic mass is 16.3. The number of aromatic hydroxyl groups is 4. The van der Waals surface area contributed by atoms with Gasteiger partial charge in [-0.1, -0.05) is 12.1 Å². The summed E-state index contributed by atoms with van der Waals surface area (Å²) in [6.07, 6.45) is -0.0355. The average Bonchev–Trinajstić information content (AvgIpc) is 2.30. The molecule has 0 spiro atoms. The van der Waals surface area contributed by atoms with Gasteiger partial charge in [0.1, 0.15) is 28.6 Å². The van der Waals surface area contributed by atoms with Gasteiger partial charge in [0.25, 0.3) is 0 Å². The summed E-state index contributed by atoms with van der Waals surface area (Å²) in [4.78, 5) is 12.0. The van der Waals surface area contributed by atoms with Crippen molar-refractivity contribution in [3.8, 4) is 23.0 Å². The summed E-state index contributed by atoms with van der Waals surface area (Å²) >= 11 is 0. The molecule has 2 rings (SSSR count). The van der Waals surface area contributed by atoms with Gasteiger partial charge in [-0.15, -0.1) is 0 Å². The van der Waals surface area contributed by atoms with E-state index in [0.717, 1.165) is 12.1 Å². The molecule has 0 unspecified atom stereocenters. The molecule has 0 atom stereocenters. The molecule has 0 saturated carbocycles. The summed E-state index contributed by atoms with van der Waals surface area (Å²) in [5, 5.41) is 37.5. The largest absolute Gasteiger partial charge is 0.508 e. The Hall–Kier alpha value is -2.69. The van der Waals surface area contributed by atoms with Crippen LogP contribution in [0.25, 0.3) is 0 Å². The number of ketones is 1. The number of Topliss-reactive ketones (excluding diaryl/α,β-unsaturated/α-hetero) is 1. The molecule has 2 aromatic carbocycles. The lowest BCUT2D eigenvalue weighted by molar-refractivity contribution is 0.0987. The normalized spacial score (nSPS) is 10.3. The van der Waals surface area contributed by atoms with E-state index < -0.39 is 17.3 Å². The zero-order valence-corrected chi connectivity index (χ0v) is 9.87. The van der Waals surface area contributed by atoms with Crippen LogP contribution in [0.2, 0.25) is 0 Å². The molecule has 0 radical (unpaired) electrons. The van der Waals surface area contributed by atoms with Crippen LogP contribution < -0.4 is 0 Å². The molecule has 0 aliphatic heterocycles. The van der Waals surface area contributed by atoms with Crippen LogP contribution in [0.3, 0.4) is 0 Å². The molecule has 2 aromatic rings. The number of carbonyl (C=O) groups is 1. The van der Waals surface area contributed by atoms with Crippen LogP contribution in [0.5, 0.6) is 23.0 Å². The number of phenolic OH excluding ortho intramolecular Hbond substituents is 4. The predicted molar refractivity (Wildman–Crippen MR) is 67.6 cm³/mol. The molecule has 0 aromatic heterocycles. The minimum Gasteiger partial charge on any atom is -0.508 e. The molecular weight excluding hydrogens is 248 g/mol. The molecule has 5 nitrogen and oxygen atoms in total. The molecule has 4 N–H and O–H groups in total. The van der Waals surface area contributed by atoms with Gasteiger partial charge in [-0.05, 0) is 17.7 Å². The molecule has 0 amide bonds. The van der Waals surface area contributed by atoms with E-state index in [4.69, 9.17) is 10.2 Å². The second-order valence-corrected chi connectivity index (χ2v) is 4.13. The maximum Gasteiger partial charge on any atom is 0.174 e. The Balaban J connectivity index is 2.28. The van der Waals surface area contributed by atoms with Gasteiger partial charge in [0.2, 0.25) is 0 Å². The first-order valence-corrected chi connectivity index (χ1v) is 5.53. The SMILES string of the molecule is O=C(Cc1ccc(O)cc1)c1c(O)cc(O)cc1O. The Labute approximate surface area is 109 Å². The lowest BCUT2D eigenvalue weighted by atomic mass is 10.0. The highest BCUT2D eigenvalue weighted by Gasteiger charge is 2.18. The smallest absolute Gasteiger partial charge is 0.174 e. The van der Waals surface area contributed by atoms with Crippen molar-refractivity contribution in [2.75, 3.05) is 0 Å². The van der Waals surface area contributed by atoms with Gasteiger partial charge in [-0.25, -0.2) is 0 Å².